The number of nitrogens with one attached hydrogen (secondary N) is 2. The van der Waals surface area contributed by atoms with Crippen LogP contribution in [0.4, 0.5) is 0 Å². The van der Waals surface area contributed by atoms with Gasteiger partial charge in [-0.05, 0) is 40.5 Å². The Morgan fingerprint density at radius 1 is 1.32 bits per heavy atom. The number of amides is 2. The number of hydrogen-bond acceptors (Lipinski definition) is 5. The second-order valence-corrected chi connectivity index (χ2v) is 7.98. The molecule has 2 N–H and O–H groups in total. The lowest BCUT2D eigenvalue weighted by Crippen LogP contribution is -2.44. The molecule has 1 aliphatic rings. The van der Waals surface area contributed by atoms with Crippen LogP contribution in [0.1, 0.15) is 16.8 Å². The fourth-order valence-corrected chi connectivity index (χ4v) is 4.38. The molecule has 1 aliphatic heterocycles. The van der Waals surface area contributed by atoms with Crippen molar-refractivity contribution in [2.24, 2.45) is 5.92 Å². The third-order valence-electron chi connectivity index (χ3n) is 3.32. The number of carbonyl (C=O) groups excluding carboxylic acids is 2. The zero-order chi connectivity index (χ0) is 16.3. The third-order valence-corrected chi connectivity index (χ3v) is 5.70. The average molecular weight is 391 g/mol. The quantitative estimate of drug-likeness (QED) is 0.737. The van der Waals surface area contributed by atoms with E-state index in [1.807, 2.05) is 0 Å². The summed E-state index contributed by atoms with van der Waals surface area (Å²) in [5.74, 6) is -1.21. The van der Waals surface area contributed by atoms with Gasteiger partial charge in [0.1, 0.15) is 5.75 Å². The SMILES string of the molecule is COc1ccc(C(=O)NNC(=O)[C@@H]2CCS(=O)(=O)C2)cc1Br. The summed E-state index contributed by atoms with van der Waals surface area (Å²) >= 11 is 3.26. The fourth-order valence-electron chi connectivity index (χ4n) is 2.10. The number of halogens is 1. The molecule has 1 heterocycles. The number of methoxy groups -OCH3 is 1. The first-order chi connectivity index (χ1) is 10.3. The molecule has 0 bridgehead atoms. The number of ether oxygens (including phenoxy) is 1. The molecular formula is C13H15BrN2O5S. The summed E-state index contributed by atoms with van der Waals surface area (Å²) in [6, 6.07) is 4.72. The number of carbonyl (C=O) groups is 2. The van der Waals surface area contributed by atoms with Crippen LogP contribution in [0.2, 0.25) is 0 Å². The molecular weight excluding hydrogens is 376 g/mol. The largest absolute Gasteiger partial charge is 0.496 e. The van der Waals surface area contributed by atoms with Crippen LogP contribution in [0.15, 0.2) is 22.7 Å². The predicted octanol–water partition coefficient (Wildman–Crippen LogP) is 0.653. The second kappa shape index (κ2) is 6.66. The van der Waals surface area contributed by atoms with Gasteiger partial charge >= 0.3 is 0 Å². The molecule has 1 saturated heterocycles. The fraction of sp³-hybridized carbons (Fsp3) is 0.385. The Bertz CT molecular complexity index is 704. The Kier molecular flexibility index (Phi) is 5.07. The lowest BCUT2D eigenvalue weighted by molar-refractivity contribution is -0.125. The van der Waals surface area contributed by atoms with E-state index in [0.717, 1.165) is 0 Å². The van der Waals surface area contributed by atoms with E-state index in [1.165, 1.54) is 7.11 Å². The van der Waals surface area contributed by atoms with Crippen molar-refractivity contribution in [2.45, 2.75) is 6.42 Å². The van der Waals surface area contributed by atoms with Crippen molar-refractivity contribution in [1.82, 2.24) is 10.9 Å². The molecule has 1 aromatic carbocycles. The van der Waals surface area contributed by atoms with Gasteiger partial charge in [0.2, 0.25) is 5.91 Å². The molecule has 7 nitrogen and oxygen atoms in total. The smallest absolute Gasteiger partial charge is 0.269 e. The van der Waals surface area contributed by atoms with Crippen LogP contribution >= 0.6 is 15.9 Å². The van der Waals surface area contributed by atoms with Crippen molar-refractivity contribution in [1.29, 1.82) is 0 Å². The molecule has 120 valence electrons. The summed E-state index contributed by atoms with van der Waals surface area (Å²) in [5, 5.41) is 0. The van der Waals surface area contributed by atoms with Crippen LogP contribution in [0.25, 0.3) is 0 Å². The van der Waals surface area contributed by atoms with Gasteiger partial charge in [0.15, 0.2) is 9.84 Å². The second-order valence-electron chi connectivity index (χ2n) is 4.89. The molecule has 0 aliphatic carbocycles. The van der Waals surface area contributed by atoms with Gasteiger partial charge in [-0.15, -0.1) is 0 Å². The summed E-state index contributed by atoms with van der Waals surface area (Å²) in [5.41, 5.74) is 4.86. The van der Waals surface area contributed by atoms with E-state index in [0.29, 0.717) is 15.8 Å². The van der Waals surface area contributed by atoms with Crippen LogP contribution in [0.3, 0.4) is 0 Å². The Balaban J connectivity index is 1.93. The lowest BCUT2D eigenvalue weighted by atomic mass is 10.1. The van der Waals surface area contributed by atoms with Gasteiger partial charge in [0.05, 0.1) is 29.0 Å². The highest BCUT2D eigenvalue weighted by atomic mass is 79.9. The Morgan fingerprint density at radius 3 is 2.59 bits per heavy atom. The molecule has 1 fully saturated rings. The first kappa shape index (κ1) is 16.8. The maximum absolute atomic E-state index is 11.9. The summed E-state index contributed by atoms with van der Waals surface area (Å²) in [6.07, 6.45) is 0.276. The first-order valence-electron chi connectivity index (χ1n) is 6.46. The normalized spacial score (nSPS) is 19.5. The molecule has 0 radical (unpaired) electrons. The number of benzene rings is 1. The zero-order valence-electron chi connectivity index (χ0n) is 11.8. The number of rotatable bonds is 3. The van der Waals surface area contributed by atoms with E-state index in [4.69, 9.17) is 4.74 Å². The van der Waals surface area contributed by atoms with Gasteiger partial charge < -0.3 is 4.74 Å². The maximum atomic E-state index is 11.9. The van der Waals surface area contributed by atoms with Crippen LogP contribution < -0.4 is 15.6 Å². The molecule has 1 atom stereocenters. The van der Waals surface area contributed by atoms with Crippen molar-refractivity contribution in [2.75, 3.05) is 18.6 Å². The van der Waals surface area contributed by atoms with Gasteiger partial charge in [-0.2, -0.15) is 0 Å². The molecule has 0 aromatic heterocycles. The van der Waals surface area contributed by atoms with Gasteiger partial charge in [-0.3, -0.25) is 20.4 Å². The lowest BCUT2D eigenvalue weighted by Gasteiger charge is -2.11. The molecule has 2 amide bonds. The monoisotopic (exact) mass is 390 g/mol. The van der Waals surface area contributed by atoms with E-state index in [2.05, 4.69) is 26.8 Å². The van der Waals surface area contributed by atoms with Crippen molar-refractivity contribution >= 4 is 37.6 Å². The van der Waals surface area contributed by atoms with Gasteiger partial charge in [0.25, 0.3) is 5.91 Å². The molecule has 9 heteroatoms. The molecule has 1 aromatic rings. The van der Waals surface area contributed by atoms with Crippen molar-refractivity contribution in [3.63, 3.8) is 0 Å². The molecule has 2 rings (SSSR count). The van der Waals surface area contributed by atoms with E-state index in [9.17, 15) is 18.0 Å². The highest BCUT2D eigenvalue weighted by Gasteiger charge is 2.33. The number of hydrogen-bond donors (Lipinski definition) is 2. The van der Waals surface area contributed by atoms with E-state index >= 15 is 0 Å². The summed E-state index contributed by atoms with van der Waals surface area (Å²) in [7, 11) is -1.63. The first-order valence-corrected chi connectivity index (χ1v) is 9.08. The molecule has 0 saturated carbocycles. The minimum absolute atomic E-state index is 0.00442. The highest BCUT2D eigenvalue weighted by Crippen LogP contribution is 2.25. The topological polar surface area (TPSA) is 102 Å². The Labute approximate surface area is 136 Å². The maximum Gasteiger partial charge on any atom is 0.269 e. The molecule has 0 spiro atoms. The van der Waals surface area contributed by atoms with E-state index in [1.54, 1.807) is 18.2 Å². The van der Waals surface area contributed by atoms with Crippen LogP contribution in [0.5, 0.6) is 5.75 Å². The average Bonchev–Trinajstić information content (AvgIpc) is 2.84. The molecule has 0 unspecified atom stereocenters. The van der Waals surface area contributed by atoms with Gasteiger partial charge in [-0.25, -0.2) is 8.42 Å². The summed E-state index contributed by atoms with van der Waals surface area (Å²) < 4.78 is 28.3. The predicted molar refractivity (Wildman–Crippen MR) is 83.1 cm³/mol. The van der Waals surface area contributed by atoms with Gasteiger partial charge in [0, 0.05) is 5.56 Å². The molecule has 22 heavy (non-hydrogen) atoms. The Hall–Kier alpha value is -1.61. The summed E-state index contributed by atoms with van der Waals surface area (Å²) in [6.45, 7) is 0. The van der Waals surface area contributed by atoms with Crippen LogP contribution in [-0.2, 0) is 14.6 Å². The van der Waals surface area contributed by atoms with Crippen LogP contribution in [-0.4, -0.2) is 38.8 Å². The zero-order valence-corrected chi connectivity index (χ0v) is 14.2. The minimum Gasteiger partial charge on any atom is -0.496 e. The summed E-state index contributed by atoms with van der Waals surface area (Å²) in [4.78, 5) is 23.8. The van der Waals surface area contributed by atoms with Crippen LogP contribution in [0, 0.1) is 5.92 Å². The Morgan fingerprint density at radius 2 is 2.05 bits per heavy atom. The van der Waals surface area contributed by atoms with Crippen molar-refractivity contribution in [3.8, 4) is 5.75 Å². The number of hydrazine groups is 1. The van der Waals surface area contributed by atoms with Crippen molar-refractivity contribution in [3.05, 3.63) is 28.2 Å². The number of sulfone groups is 1. The van der Waals surface area contributed by atoms with Crippen molar-refractivity contribution < 1.29 is 22.7 Å². The van der Waals surface area contributed by atoms with E-state index < -0.39 is 27.6 Å². The van der Waals surface area contributed by atoms with E-state index in [-0.39, 0.29) is 17.9 Å². The van der Waals surface area contributed by atoms with Gasteiger partial charge in [-0.1, -0.05) is 0 Å². The highest BCUT2D eigenvalue weighted by molar-refractivity contribution is 9.10. The standard InChI is InChI=1S/C13H15BrN2O5S/c1-21-11-3-2-8(6-10(11)14)12(17)15-16-13(18)9-4-5-22(19,20)7-9/h2-3,6,9H,4-5,7H2,1H3,(H,15,17)(H,16,18)/t9-/m1/s1. The minimum atomic E-state index is -3.14. The third kappa shape index (κ3) is 3.98.